The first kappa shape index (κ1) is 16.6. The van der Waals surface area contributed by atoms with E-state index < -0.39 is 0 Å². The molecule has 0 aliphatic rings. The van der Waals surface area contributed by atoms with Crippen molar-refractivity contribution in [3.05, 3.63) is 47.7 Å². The zero-order valence-corrected chi connectivity index (χ0v) is 13.8. The highest BCUT2D eigenvalue weighted by atomic mass is 32.2. The van der Waals surface area contributed by atoms with Gasteiger partial charge in [-0.05, 0) is 30.0 Å². The summed E-state index contributed by atoms with van der Waals surface area (Å²) in [6.45, 7) is 0. The van der Waals surface area contributed by atoms with Crippen LogP contribution in [0.4, 0.5) is 5.95 Å². The van der Waals surface area contributed by atoms with Crippen LogP contribution in [0.3, 0.4) is 0 Å². The van der Waals surface area contributed by atoms with Crippen molar-refractivity contribution in [3.8, 4) is 0 Å². The third-order valence-corrected chi connectivity index (χ3v) is 4.61. The fourth-order valence-electron chi connectivity index (χ4n) is 1.86. The highest BCUT2D eigenvalue weighted by Gasteiger charge is 2.00. The van der Waals surface area contributed by atoms with Gasteiger partial charge in [-0.15, -0.1) is 11.8 Å². The van der Waals surface area contributed by atoms with Gasteiger partial charge in [0.25, 0.3) is 0 Å². The minimum Gasteiger partial charge on any atom is -0.379 e. The van der Waals surface area contributed by atoms with E-state index >= 15 is 0 Å². The maximum absolute atomic E-state index is 7.18. The number of thioether (sulfide) groups is 2. The van der Waals surface area contributed by atoms with Crippen LogP contribution in [0.1, 0.15) is 11.1 Å². The smallest absolute Gasteiger partial charge is 0.221 e. The van der Waals surface area contributed by atoms with Gasteiger partial charge in [0, 0.05) is 17.7 Å². The minimum atomic E-state index is 0.180. The lowest BCUT2D eigenvalue weighted by atomic mass is 10.1. The predicted molar refractivity (Wildman–Crippen MR) is 95.4 cm³/mol. The summed E-state index contributed by atoms with van der Waals surface area (Å²) < 4.78 is 0. The molecule has 22 heavy (non-hydrogen) atoms. The molecule has 5 N–H and O–H groups in total. The standard InChI is InChI=1S/C15H19N5S2/c16-14(17)22-10-7-12-3-1-11(2-4-12)6-9-21-13-5-8-19-15(18)20-13/h1-5,8H,6-7,9-10H2,(H3,16,17)(H2,18,19,20). The fourth-order valence-corrected chi connectivity index (χ4v) is 3.28. The second-order valence-corrected chi connectivity index (χ2v) is 6.88. The Morgan fingerprint density at radius 1 is 1.05 bits per heavy atom. The van der Waals surface area contributed by atoms with Gasteiger partial charge >= 0.3 is 0 Å². The number of hydrogen-bond donors (Lipinski definition) is 3. The summed E-state index contributed by atoms with van der Waals surface area (Å²) in [4.78, 5) is 8.05. The van der Waals surface area contributed by atoms with E-state index in [1.807, 2.05) is 6.07 Å². The number of aromatic nitrogens is 2. The highest BCUT2D eigenvalue weighted by Crippen LogP contribution is 2.17. The quantitative estimate of drug-likeness (QED) is 0.311. The van der Waals surface area contributed by atoms with Crippen LogP contribution in [-0.4, -0.2) is 26.6 Å². The Morgan fingerprint density at radius 3 is 2.27 bits per heavy atom. The third-order valence-electron chi connectivity index (χ3n) is 2.96. The molecular weight excluding hydrogens is 314 g/mol. The van der Waals surface area contributed by atoms with Gasteiger partial charge in [-0.25, -0.2) is 9.97 Å². The van der Waals surface area contributed by atoms with Crippen molar-refractivity contribution in [1.29, 1.82) is 5.41 Å². The molecule has 1 heterocycles. The van der Waals surface area contributed by atoms with Crippen LogP contribution in [-0.2, 0) is 12.8 Å². The SMILES string of the molecule is N=C(N)SCCc1ccc(CCSc2ccnc(N)n2)cc1. The van der Waals surface area contributed by atoms with Crippen molar-refractivity contribution in [2.24, 2.45) is 5.73 Å². The van der Waals surface area contributed by atoms with Crippen LogP contribution in [0.2, 0.25) is 0 Å². The molecule has 0 bridgehead atoms. The lowest BCUT2D eigenvalue weighted by Gasteiger charge is -2.04. The summed E-state index contributed by atoms with van der Waals surface area (Å²) in [6.07, 6.45) is 3.59. The Labute approximate surface area is 138 Å². The molecule has 0 spiro atoms. The predicted octanol–water partition coefficient (Wildman–Crippen LogP) is 2.56. The number of amidine groups is 1. The summed E-state index contributed by atoms with van der Waals surface area (Å²) in [5.41, 5.74) is 13.5. The normalized spacial score (nSPS) is 10.5. The highest BCUT2D eigenvalue weighted by molar-refractivity contribution is 8.13. The molecule has 7 heteroatoms. The number of nitrogens with zero attached hydrogens (tertiary/aromatic N) is 2. The molecule has 2 rings (SSSR count). The van der Waals surface area contributed by atoms with E-state index in [1.54, 1.807) is 18.0 Å². The third kappa shape index (κ3) is 5.95. The Kier molecular flexibility index (Phi) is 6.54. The monoisotopic (exact) mass is 333 g/mol. The zero-order valence-electron chi connectivity index (χ0n) is 12.2. The van der Waals surface area contributed by atoms with Crippen molar-refractivity contribution in [2.75, 3.05) is 17.2 Å². The molecule has 0 saturated carbocycles. The first-order valence-corrected chi connectivity index (χ1v) is 8.86. The van der Waals surface area contributed by atoms with Crippen LogP contribution >= 0.6 is 23.5 Å². The lowest BCUT2D eigenvalue weighted by molar-refractivity contribution is 1.06. The molecule has 0 atom stereocenters. The molecule has 2 aromatic rings. The number of aryl methyl sites for hydroxylation is 2. The Hall–Kier alpha value is -1.73. The van der Waals surface area contributed by atoms with Gasteiger partial charge in [0.15, 0.2) is 5.17 Å². The molecular formula is C15H19N5S2. The van der Waals surface area contributed by atoms with Gasteiger partial charge < -0.3 is 11.5 Å². The number of nitrogen functional groups attached to an aromatic ring is 1. The molecule has 116 valence electrons. The molecule has 0 aliphatic carbocycles. The lowest BCUT2D eigenvalue weighted by Crippen LogP contribution is -2.05. The molecule has 5 nitrogen and oxygen atoms in total. The number of nitrogens with one attached hydrogen (secondary N) is 1. The van der Waals surface area contributed by atoms with Crippen LogP contribution in [0.25, 0.3) is 0 Å². The van der Waals surface area contributed by atoms with Gasteiger partial charge in [-0.1, -0.05) is 36.0 Å². The largest absolute Gasteiger partial charge is 0.379 e. The van der Waals surface area contributed by atoms with Gasteiger partial charge in [0.05, 0.1) is 0 Å². The van der Waals surface area contributed by atoms with E-state index in [0.29, 0.717) is 5.95 Å². The van der Waals surface area contributed by atoms with Gasteiger partial charge in [-0.2, -0.15) is 0 Å². The molecule has 1 aromatic carbocycles. The summed E-state index contributed by atoms with van der Waals surface area (Å²) >= 11 is 3.06. The van der Waals surface area contributed by atoms with Gasteiger partial charge in [0.1, 0.15) is 5.03 Å². The van der Waals surface area contributed by atoms with Crippen LogP contribution in [0, 0.1) is 5.41 Å². The second kappa shape index (κ2) is 8.65. The van der Waals surface area contributed by atoms with Crippen molar-refractivity contribution in [2.45, 2.75) is 17.9 Å². The van der Waals surface area contributed by atoms with E-state index in [-0.39, 0.29) is 5.17 Å². The number of rotatable bonds is 7. The summed E-state index contributed by atoms with van der Waals surface area (Å²) in [6, 6.07) is 10.5. The topological polar surface area (TPSA) is 102 Å². The Bertz CT molecular complexity index is 616. The average molecular weight is 333 g/mol. The van der Waals surface area contributed by atoms with E-state index in [2.05, 4.69) is 34.2 Å². The van der Waals surface area contributed by atoms with Crippen molar-refractivity contribution in [1.82, 2.24) is 9.97 Å². The summed E-state index contributed by atoms with van der Waals surface area (Å²) in [5.74, 6) is 2.12. The number of anilines is 1. The van der Waals surface area contributed by atoms with Crippen molar-refractivity contribution >= 4 is 34.6 Å². The molecule has 1 aromatic heterocycles. The van der Waals surface area contributed by atoms with Crippen LogP contribution < -0.4 is 11.5 Å². The van der Waals surface area contributed by atoms with Crippen molar-refractivity contribution in [3.63, 3.8) is 0 Å². The summed E-state index contributed by atoms with van der Waals surface area (Å²) in [5, 5.41) is 8.26. The van der Waals surface area contributed by atoms with E-state index in [0.717, 1.165) is 29.4 Å². The van der Waals surface area contributed by atoms with Crippen LogP contribution in [0.5, 0.6) is 0 Å². The van der Waals surface area contributed by atoms with E-state index in [4.69, 9.17) is 16.9 Å². The van der Waals surface area contributed by atoms with Crippen molar-refractivity contribution < 1.29 is 0 Å². The molecule has 0 saturated heterocycles. The molecule has 0 amide bonds. The maximum atomic E-state index is 7.18. The number of nitrogens with two attached hydrogens (primary N) is 2. The van der Waals surface area contributed by atoms with Crippen LogP contribution in [0.15, 0.2) is 41.6 Å². The van der Waals surface area contributed by atoms with Gasteiger partial charge in [-0.3, -0.25) is 5.41 Å². The molecule has 0 radical (unpaired) electrons. The molecule has 0 fully saturated rings. The fraction of sp³-hybridized carbons (Fsp3) is 0.267. The van der Waals surface area contributed by atoms with E-state index in [9.17, 15) is 0 Å². The summed E-state index contributed by atoms with van der Waals surface area (Å²) in [7, 11) is 0. The van der Waals surface area contributed by atoms with E-state index in [1.165, 1.54) is 22.9 Å². The first-order chi connectivity index (χ1) is 10.6. The number of benzene rings is 1. The molecule has 0 unspecified atom stereocenters. The van der Waals surface area contributed by atoms with Gasteiger partial charge in [0.2, 0.25) is 5.95 Å². The first-order valence-electron chi connectivity index (χ1n) is 6.89. The minimum absolute atomic E-state index is 0.180. The number of hydrogen-bond acceptors (Lipinski definition) is 6. The Morgan fingerprint density at radius 2 is 1.68 bits per heavy atom. The average Bonchev–Trinajstić information content (AvgIpc) is 2.49. The second-order valence-electron chi connectivity index (χ2n) is 4.63. The molecule has 0 aliphatic heterocycles. The maximum Gasteiger partial charge on any atom is 0.221 e. The Balaban J connectivity index is 1.75. The zero-order chi connectivity index (χ0) is 15.8.